The van der Waals surface area contributed by atoms with Gasteiger partial charge >= 0.3 is 0 Å². The van der Waals surface area contributed by atoms with Crippen LogP contribution in [0.5, 0.6) is 0 Å². The third-order valence-corrected chi connectivity index (χ3v) is 2.70. The maximum atomic E-state index is 11.8. The van der Waals surface area contributed by atoms with E-state index < -0.39 is 5.91 Å². The number of aromatic nitrogens is 2. The van der Waals surface area contributed by atoms with Gasteiger partial charge in [-0.1, -0.05) is 12.1 Å². The molecular formula is C13H14N4O2. The highest BCUT2D eigenvalue weighted by Gasteiger charge is 2.04. The predicted molar refractivity (Wildman–Crippen MR) is 72.1 cm³/mol. The van der Waals surface area contributed by atoms with Crippen LogP contribution >= 0.6 is 0 Å². The fraction of sp³-hybridized carbons (Fsp3) is 0.154. The first-order valence-corrected chi connectivity index (χ1v) is 5.74. The molecule has 0 aliphatic rings. The molecule has 6 heteroatoms. The molecule has 19 heavy (non-hydrogen) atoms. The van der Waals surface area contributed by atoms with Gasteiger partial charge in [0.15, 0.2) is 0 Å². The van der Waals surface area contributed by atoms with Gasteiger partial charge < -0.3 is 11.1 Å². The molecule has 0 bridgehead atoms. The first-order chi connectivity index (χ1) is 9.10. The first kappa shape index (κ1) is 12.8. The fourth-order valence-corrected chi connectivity index (χ4v) is 1.68. The fourth-order valence-electron chi connectivity index (χ4n) is 1.68. The van der Waals surface area contributed by atoms with E-state index in [4.69, 9.17) is 5.73 Å². The van der Waals surface area contributed by atoms with Gasteiger partial charge in [0.2, 0.25) is 5.91 Å². The SMILES string of the molecule is CNc1cnn(Cc2cccc(C(N)=O)c2)c(=O)c1. The average Bonchev–Trinajstić information content (AvgIpc) is 2.41. The van der Waals surface area contributed by atoms with Crippen molar-refractivity contribution in [2.24, 2.45) is 5.73 Å². The van der Waals surface area contributed by atoms with Crippen molar-refractivity contribution in [1.29, 1.82) is 0 Å². The summed E-state index contributed by atoms with van der Waals surface area (Å²) in [5.41, 5.74) is 6.87. The van der Waals surface area contributed by atoms with Crippen molar-refractivity contribution in [3.8, 4) is 0 Å². The summed E-state index contributed by atoms with van der Waals surface area (Å²) in [5, 5.41) is 6.89. The van der Waals surface area contributed by atoms with E-state index in [2.05, 4.69) is 10.4 Å². The maximum Gasteiger partial charge on any atom is 0.269 e. The Morgan fingerprint density at radius 1 is 1.42 bits per heavy atom. The third-order valence-electron chi connectivity index (χ3n) is 2.70. The van der Waals surface area contributed by atoms with Gasteiger partial charge in [0.1, 0.15) is 0 Å². The Balaban J connectivity index is 2.28. The quantitative estimate of drug-likeness (QED) is 0.832. The summed E-state index contributed by atoms with van der Waals surface area (Å²) in [6, 6.07) is 8.29. The standard InChI is InChI=1S/C13H14N4O2/c1-15-11-6-12(18)17(16-7-11)8-9-3-2-4-10(5-9)13(14)19/h2-7,15H,8H2,1H3,(H2,14,19). The number of nitrogens with one attached hydrogen (secondary N) is 1. The largest absolute Gasteiger partial charge is 0.387 e. The molecule has 0 spiro atoms. The molecule has 1 amide bonds. The van der Waals surface area contributed by atoms with E-state index in [1.54, 1.807) is 31.4 Å². The number of nitrogens with zero attached hydrogens (tertiary/aromatic N) is 2. The minimum absolute atomic E-state index is 0.212. The van der Waals surface area contributed by atoms with Gasteiger partial charge in [-0.05, 0) is 17.7 Å². The van der Waals surface area contributed by atoms with E-state index in [0.29, 0.717) is 17.8 Å². The normalized spacial score (nSPS) is 10.2. The molecule has 98 valence electrons. The minimum atomic E-state index is -0.493. The summed E-state index contributed by atoms with van der Waals surface area (Å²) >= 11 is 0. The zero-order chi connectivity index (χ0) is 13.8. The second-order valence-corrected chi connectivity index (χ2v) is 4.05. The van der Waals surface area contributed by atoms with Crippen LogP contribution in [0, 0.1) is 0 Å². The molecule has 0 saturated heterocycles. The monoisotopic (exact) mass is 258 g/mol. The Kier molecular flexibility index (Phi) is 3.61. The molecule has 2 aromatic rings. The topological polar surface area (TPSA) is 90.0 Å². The van der Waals surface area contributed by atoms with Gasteiger partial charge in [-0.2, -0.15) is 5.10 Å². The van der Waals surface area contributed by atoms with Crippen LogP contribution in [0.25, 0.3) is 0 Å². The number of carbonyl (C=O) groups excluding carboxylic acids is 1. The molecule has 1 aromatic carbocycles. The maximum absolute atomic E-state index is 11.8. The number of hydrogen-bond donors (Lipinski definition) is 2. The number of rotatable bonds is 4. The molecule has 0 atom stereocenters. The lowest BCUT2D eigenvalue weighted by atomic mass is 10.1. The summed E-state index contributed by atoms with van der Waals surface area (Å²) in [6.07, 6.45) is 1.57. The van der Waals surface area contributed by atoms with Crippen LogP contribution in [-0.4, -0.2) is 22.7 Å². The van der Waals surface area contributed by atoms with Gasteiger partial charge in [0.25, 0.3) is 5.56 Å². The van der Waals surface area contributed by atoms with Gasteiger partial charge in [-0.3, -0.25) is 9.59 Å². The van der Waals surface area contributed by atoms with Crippen LogP contribution < -0.4 is 16.6 Å². The van der Waals surface area contributed by atoms with Crippen molar-refractivity contribution in [3.05, 3.63) is 58.0 Å². The Labute approximate surface area is 109 Å². The number of anilines is 1. The van der Waals surface area contributed by atoms with Crippen LogP contribution in [-0.2, 0) is 6.54 Å². The molecule has 3 N–H and O–H groups in total. The Morgan fingerprint density at radius 3 is 2.84 bits per heavy atom. The lowest BCUT2D eigenvalue weighted by molar-refractivity contribution is 0.1000. The first-order valence-electron chi connectivity index (χ1n) is 5.74. The van der Waals surface area contributed by atoms with Gasteiger partial charge in [0.05, 0.1) is 18.4 Å². The lowest BCUT2D eigenvalue weighted by Crippen LogP contribution is -2.23. The average molecular weight is 258 g/mol. The lowest BCUT2D eigenvalue weighted by Gasteiger charge is -2.06. The highest BCUT2D eigenvalue weighted by atomic mass is 16.1. The van der Waals surface area contributed by atoms with Crippen LogP contribution in [0.15, 0.2) is 41.3 Å². The minimum Gasteiger partial charge on any atom is -0.387 e. The van der Waals surface area contributed by atoms with E-state index in [0.717, 1.165) is 5.56 Å². The van der Waals surface area contributed by atoms with E-state index in [9.17, 15) is 9.59 Å². The molecule has 0 aliphatic heterocycles. The molecule has 0 fully saturated rings. The Hall–Kier alpha value is -2.63. The molecule has 0 aliphatic carbocycles. The molecule has 6 nitrogen and oxygen atoms in total. The number of hydrogen-bond acceptors (Lipinski definition) is 4. The van der Waals surface area contributed by atoms with Crippen molar-refractivity contribution in [1.82, 2.24) is 9.78 Å². The molecule has 1 heterocycles. The smallest absolute Gasteiger partial charge is 0.269 e. The number of amides is 1. The van der Waals surface area contributed by atoms with E-state index in [1.807, 2.05) is 6.07 Å². The van der Waals surface area contributed by atoms with Crippen molar-refractivity contribution >= 4 is 11.6 Å². The summed E-state index contributed by atoms with van der Waals surface area (Å²) < 4.78 is 1.32. The van der Waals surface area contributed by atoms with Crippen LogP contribution in [0.4, 0.5) is 5.69 Å². The number of nitrogens with two attached hydrogens (primary N) is 1. The molecular weight excluding hydrogens is 244 g/mol. The second kappa shape index (κ2) is 5.34. The van der Waals surface area contributed by atoms with Crippen LogP contribution in [0.3, 0.4) is 0 Å². The van der Waals surface area contributed by atoms with E-state index >= 15 is 0 Å². The Bertz CT molecular complexity index is 664. The number of benzene rings is 1. The van der Waals surface area contributed by atoms with E-state index in [-0.39, 0.29) is 5.56 Å². The molecule has 0 radical (unpaired) electrons. The third kappa shape index (κ3) is 2.98. The van der Waals surface area contributed by atoms with Crippen molar-refractivity contribution in [2.45, 2.75) is 6.54 Å². The molecule has 1 aromatic heterocycles. The zero-order valence-corrected chi connectivity index (χ0v) is 10.5. The van der Waals surface area contributed by atoms with Gasteiger partial charge in [0, 0.05) is 18.7 Å². The summed E-state index contributed by atoms with van der Waals surface area (Å²) in [7, 11) is 1.72. The number of primary amides is 1. The second-order valence-electron chi connectivity index (χ2n) is 4.05. The number of carbonyl (C=O) groups is 1. The zero-order valence-electron chi connectivity index (χ0n) is 10.5. The van der Waals surface area contributed by atoms with Gasteiger partial charge in [-0.25, -0.2) is 4.68 Å². The highest BCUT2D eigenvalue weighted by molar-refractivity contribution is 5.92. The van der Waals surface area contributed by atoms with Crippen molar-refractivity contribution < 1.29 is 4.79 Å². The molecule has 2 rings (SSSR count). The van der Waals surface area contributed by atoms with E-state index in [1.165, 1.54) is 10.7 Å². The van der Waals surface area contributed by atoms with Crippen LogP contribution in [0.2, 0.25) is 0 Å². The predicted octanol–water partition coefficient (Wildman–Crippen LogP) is 0.432. The summed E-state index contributed by atoms with van der Waals surface area (Å²) in [5.74, 6) is -0.493. The van der Waals surface area contributed by atoms with Crippen LogP contribution in [0.1, 0.15) is 15.9 Å². The van der Waals surface area contributed by atoms with Crippen molar-refractivity contribution in [3.63, 3.8) is 0 Å². The molecule has 0 saturated carbocycles. The Morgan fingerprint density at radius 2 is 2.21 bits per heavy atom. The summed E-state index contributed by atoms with van der Waals surface area (Å²) in [4.78, 5) is 22.9. The van der Waals surface area contributed by atoms with Gasteiger partial charge in [-0.15, -0.1) is 0 Å². The summed E-state index contributed by atoms with van der Waals surface area (Å²) in [6.45, 7) is 0.296. The highest BCUT2D eigenvalue weighted by Crippen LogP contribution is 2.06. The van der Waals surface area contributed by atoms with Crippen molar-refractivity contribution in [2.75, 3.05) is 12.4 Å². The molecule has 0 unspecified atom stereocenters.